The molecule has 1 aromatic heterocycles. The van der Waals surface area contributed by atoms with E-state index in [9.17, 15) is 8.78 Å². The number of halogens is 2. The van der Waals surface area contributed by atoms with Crippen LogP contribution in [0.25, 0.3) is 0 Å². The van der Waals surface area contributed by atoms with Gasteiger partial charge >= 0.3 is 0 Å². The summed E-state index contributed by atoms with van der Waals surface area (Å²) >= 11 is 0. The summed E-state index contributed by atoms with van der Waals surface area (Å²) in [5.41, 5.74) is 2.07. The molecule has 0 aliphatic heterocycles. The van der Waals surface area contributed by atoms with Crippen molar-refractivity contribution in [2.75, 3.05) is 0 Å². The third kappa shape index (κ3) is 0.994. The van der Waals surface area contributed by atoms with E-state index in [1.165, 1.54) is 0 Å². The first-order valence-corrected chi connectivity index (χ1v) is 6.04. The van der Waals surface area contributed by atoms with Crippen molar-refractivity contribution in [1.82, 2.24) is 4.98 Å². The van der Waals surface area contributed by atoms with Crippen molar-refractivity contribution in [3.63, 3.8) is 0 Å². The number of hydrogen-bond acceptors (Lipinski definition) is 0. The van der Waals surface area contributed by atoms with Crippen LogP contribution in [0.1, 0.15) is 48.2 Å². The Hall–Kier alpha value is -0.860. The molecule has 16 heavy (non-hydrogen) atoms. The normalized spacial score (nSPS) is 25.2. The summed E-state index contributed by atoms with van der Waals surface area (Å²) in [6.45, 7) is 3.68. The Morgan fingerprint density at radius 2 is 1.69 bits per heavy atom. The standard InChI is InChI=1S/C13H17F2N/c1-8-10-7-12(5-3-4-6-12)13(14,15)11(10)9(2)16-8/h16H,3-7H2,1-2H3. The van der Waals surface area contributed by atoms with Crippen molar-refractivity contribution in [2.45, 2.75) is 51.9 Å². The largest absolute Gasteiger partial charge is 0.362 e. The lowest BCUT2D eigenvalue weighted by Gasteiger charge is -2.31. The lowest BCUT2D eigenvalue weighted by molar-refractivity contribution is -0.115. The van der Waals surface area contributed by atoms with Crippen LogP contribution in [0.2, 0.25) is 0 Å². The second-order valence-electron chi connectivity index (χ2n) is 5.47. The minimum atomic E-state index is -2.62. The summed E-state index contributed by atoms with van der Waals surface area (Å²) in [4.78, 5) is 3.06. The van der Waals surface area contributed by atoms with Gasteiger partial charge in [-0.15, -0.1) is 0 Å². The van der Waals surface area contributed by atoms with E-state index in [4.69, 9.17) is 0 Å². The summed E-state index contributed by atoms with van der Waals surface area (Å²) < 4.78 is 29.1. The Morgan fingerprint density at radius 3 is 2.25 bits per heavy atom. The van der Waals surface area contributed by atoms with Crippen LogP contribution in [0, 0.1) is 19.3 Å². The van der Waals surface area contributed by atoms with Gasteiger partial charge in [-0.25, -0.2) is 8.78 Å². The van der Waals surface area contributed by atoms with E-state index >= 15 is 0 Å². The highest BCUT2D eigenvalue weighted by Gasteiger charge is 2.62. The Bertz CT molecular complexity index is 439. The number of alkyl halides is 2. The smallest absolute Gasteiger partial charge is 0.281 e. The Morgan fingerprint density at radius 1 is 1.06 bits per heavy atom. The predicted molar refractivity (Wildman–Crippen MR) is 58.8 cm³/mol. The van der Waals surface area contributed by atoms with Crippen LogP contribution in [0.15, 0.2) is 0 Å². The maximum Gasteiger partial charge on any atom is 0.281 e. The fourth-order valence-electron chi connectivity index (χ4n) is 3.74. The molecule has 1 aromatic rings. The molecule has 0 atom stereocenters. The lowest BCUT2D eigenvalue weighted by atomic mass is 9.79. The molecule has 3 rings (SSSR count). The zero-order valence-electron chi connectivity index (χ0n) is 9.79. The molecular weight excluding hydrogens is 208 g/mol. The fourth-order valence-corrected chi connectivity index (χ4v) is 3.74. The van der Waals surface area contributed by atoms with Crippen LogP contribution >= 0.6 is 0 Å². The van der Waals surface area contributed by atoms with Crippen molar-refractivity contribution in [3.8, 4) is 0 Å². The average molecular weight is 225 g/mol. The van der Waals surface area contributed by atoms with Gasteiger partial charge < -0.3 is 4.98 Å². The SMILES string of the molecule is Cc1[nH]c(C)c2c1CC1(CCCC1)C2(F)F. The minimum absolute atomic E-state index is 0.312. The molecular formula is C13H17F2N. The van der Waals surface area contributed by atoms with Crippen molar-refractivity contribution >= 4 is 0 Å². The molecule has 2 aliphatic rings. The van der Waals surface area contributed by atoms with Gasteiger partial charge in [-0.05, 0) is 38.7 Å². The minimum Gasteiger partial charge on any atom is -0.362 e. The monoisotopic (exact) mass is 225 g/mol. The van der Waals surface area contributed by atoms with Gasteiger partial charge in [-0.1, -0.05) is 12.8 Å². The number of aryl methyl sites for hydroxylation is 2. The van der Waals surface area contributed by atoms with Gasteiger partial charge in [0.2, 0.25) is 0 Å². The number of aromatic nitrogens is 1. The number of hydrogen-bond donors (Lipinski definition) is 1. The Labute approximate surface area is 94.2 Å². The van der Waals surface area contributed by atoms with Crippen molar-refractivity contribution in [3.05, 3.63) is 22.5 Å². The number of nitrogens with one attached hydrogen (secondary N) is 1. The maximum absolute atomic E-state index is 14.6. The van der Waals surface area contributed by atoms with Gasteiger partial charge in [0.1, 0.15) is 0 Å². The highest BCUT2D eigenvalue weighted by atomic mass is 19.3. The van der Waals surface area contributed by atoms with Gasteiger partial charge in [0.15, 0.2) is 0 Å². The molecule has 1 saturated carbocycles. The molecule has 1 heterocycles. The molecule has 0 aromatic carbocycles. The number of aromatic amines is 1. The summed E-state index contributed by atoms with van der Waals surface area (Å²) in [5.74, 6) is -2.62. The molecule has 0 unspecified atom stereocenters. The quantitative estimate of drug-likeness (QED) is 0.690. The molecule has 3 heteroatoms. The van der Waals surface area contributed by atoms with E-state index in [0.29, 0.717) is 30.5 Å². The number of fused-ring (bicyclic) bond motifs is 1. The summed E-state index contributed by atoms with van der Waals surface area (Å²) in [6, 6.07) is 0. The first-order chi connectivity index (χ1) is 7.48. The van der Waals surface area contributed by atoms with Crippen molar-refractivity contribution < 1.29 is 8.78 Å². The summed E-state index contributed by atoms with van der Waals surface area (Å²) in [6.07, 6.45) is 3.87. The van der Waals surface area contributed by atoms with Gasteiger partial charge in [0.25, 0.3) is 5.92 Å². The first kappa shape index (κ1) is 10.3. The topological polar surface area (TPSA) is 15.8 Å². The summed E-state index contributed by atoms with van der Waals surface area (Å²) in [7, 11) is 0. The molecule has 1 N–H and O–H groups in total. The maximum atomic E-state index is 14.6. The lowest BCUT2D eigenvalue weighted by Crippen LogP contribution is -2.33. The van der Waals surface area contributed by atoms with Gasteiger partial charge in [0, 0.05) is 22.4 Å². The van der Waals surface area contributed by atoms with Crippen LogP contribution in [0.5, 0.6) is 0 Å². The fraction of sp³-hybridized carbons (Fsp3) is 0.692. The van der Waals surface area contributed by atoms with Gasteiger partial charge in [-0.2, -0.15) is 0 Å². The first-order valence-electron chi connectivity index (χ1n) is 6.04. The van der Waals surface area contributed by atoms with Crippen LogP contribution in [-0.4, -0.2) is 4.98 Å². The molecule has 0 saturated heterocycles. The summed E-state index contributed by atoms with van der Waals surface area (Å²) in [5, 5.41) is 0. The molecule has 1 fully saturated rings. The van der Waals surface area contributed by atoms with E-state index < -0.39 is 11.3 Å². The third-order valence-electron chi connectivity index (χ3n) is 4.56. The number of H-pyrrole nitrogens is 1. The highest BCUT2D eigenvalue weighted by Crippen LogP contribution is 2.62. The second-order valence-corrected chi connectivity index (χ2v) is 5.47. The number of rotatable bonds is 0. The molecule has 2 aliphatic carbocycles. The Kier molecular flexibility index (Phi) is 1.85. The van der Waals surface area contributed by atoms with E-state index in [1.54, 1.807) is 6.92 Å². The molecule has 88 valence electrons. The molecule has 0 amide bonds. The van der Waals surface area contributed by atoms with Crippen LogP contribution < -0.4 is 0 Å². The van der Waals surface area contributed by atoms with E-state index in [0.717, 1.165) is 24.1 Å². The molecule has 1 nitrogen and oxygen atoms in total. The molecule has 1 spiro atoms. The van der Waals surface area contributed by atoms with Crippen LogP contribution in [-0.2, 0) is 12.3 Å². The van der Waals surface area contributed by atoms with Crippen LogP contribution in [0.3, 0.4) is 0 Å². The molecule has 0 radical (unpaired) electrons. The van der Waals surface area contributed by atoms with Crippen LogP contribution in [0.4, 0.5) is 8.78 Å². The highest BCUT2D eigenvalue weighted by molar-refractivity contribution is 5.46. The third-order valence-corrected chi connectivity index (χ3v) is 4.56. The zero-order chi connectivity index (χ0) is 11.6. The van der Waals surface area contributed by atoms with E-state index in [2.05, 4.69) is 4.98 Å². The van der Waals surface area contributed by atoms with Gasteiger partial charge in [0.05, 0.1) is 0 Å². The molecule has 0 bridgehead atoms. The van der Waals surface area contributed by atoms with E-state index in [1.807, 2.05) is 6.92 Å². The zero-order valence-corrected chi connectivity index (χ0v) is 9.79. The predicted octanol–water partition coefficient (Wildman–Crippen LogP) is 3.84. The second kappa shape index (κ2) is 2.88. The van der Waals surface area contributed by atoms with E-state index in [-0.39, 0.29) is 0 Å². The van der Waals surface area contributed by atoms with Crippen molar-refractivity contribution in [1.29, 1.82) is 0 Å². The Balaban J connectivity index is 2.18. The average Bonchev–Trinajstić information content (AvgIpc) is 2.80. The van der Waals surface area contributed by atoms with Crippen molar-refractivity contribution in [2.24, 2.45) is 5.41 Å². The van der Waals surface area contributed by atoms with Gasteiger partial charge in [-0.3, -0.25) is 0 Å².